The first-order valence-corrected chi connectivity index (χ1v) is 11.2. The molecule has 0 bridgehead atoms. The summed E-state index contributed by atoms with van der Waals surface area (Å²) >= 11 is 1.72. The average molecular weight is 428 g/mol. The van der Waals surface area contributed by atoms with Crippen molar-refractivity contribution < 1.29 is 13.6 Å². The van der Waals surface area contributed by atoms with E-state index >= 15 is 0 Å². The number of benzene rings is 1. The quantitative estimate of drug-likeness (QED) is 0.532. The van der Waals surface area contributed by atoms with Gasteiger partial charge in [0.15, 0.2) is 5.69 Å². The van der Waals surface area contributed by atoms with Crippen LogP contribution < -0.4 is 0 Å². The Morgan fingerprint density at radius 3 is 2.60 bits per heavy atom. The Labute approximate surface area is 180 Å². The minimum absolute atomic E-state index is 0.0520. The average Bonchev–Trinajstić information content (AvgIpc) is 3.39. The van der Waals surface area contributed by atoms with Crippen LogP contribution in [0.15, 0.2) is 46.4 Å². The van der Waals surface area contributed by atoms with E-state index in [2.05, 4.69) is 28.3 Å². The van der Waals surface area contributed by atoms with Crippen LogP contribution >= 0.6 is 11.3 Å². The fourth-order valence-electron chi connectivity index (χ4n) is 3.72. The summed E-state index contributed by atoms with van der Waals surface area (Å²) in [5, 5.41) is 2.08. The van der Waals surface area contributed by atoms with Gasteiger partial charge in [-0.1, -0.05) is 12.1 Å². The van der Waals surface area contributed by atoms with Crippen LogP contribution in [0, 0.1) is 12.7 Å². The molecule has 1 aromatic carbocycles. The number of halogens is 1. The van der Waals surface area contributed by atoms with Crippen LogP contribution in [-0.4, -0.2) is 33.8 Å². The lowest BCUT2D eigenvalue weighted by molar-refractivity contribution is 0.0718. The maximum absolute atomic E-state index is 13.3. The Hall–Kier alpha value is -2.51. The molecule has 0 saturated carbocycles. The first-order chi connectivity index (χ1) is 14.6. The Balaban J connectivity index is 1.48. The molecule has 0 spiro atoms. The number of aryl methyl sites for hydroxylation is 1. The van der Waals surface area contributed by atoms with Crippen molar-refractivity contribution in [2.75, 3.05) is 13.1 Å². The summed E-state index contributed by atoms with van der Waals surface area (Å²) in [5.74, 6) is 0.225. The summed E-state index contributed by atoms with van der Waals surface area (Å²) in [4.78, 5) is 22.5. The monoisotopic (exact) mass is 427 g/mol. The van der Waals surface area contributed by atoms with Gasteiger partial charge in [-0.15, -0.1) is 11.3 Å². The van der Waals surface area contributed by atoms with Gasteiger partial charge in [0.05, 0.1) is 6.54 Å². The van der Waals surface area contributed by atoms with Gasteiger partial charge in [-0.3, -0.25) is 9.69 Å². The molecule has 1 aliphatic heterocycles. The molecule has 7 heteroatoms. The third kappa shape index (κ3) is 5.15. The van der Waals surface area contributed by atoms with Gasteiger partial charge in [0.25, 0.3) is 5.91 Å². The highest BCUT2D eigenvalue weighted by Crippen LogP contribution is 2.21. The normalized spacial score (nSPS) is 14.4. The van der Waals surface area contributed by atoms with Gasteiger partial charge < -0.3 is 9.32 Å². The van der Waals surface area contributed by atoms with Crippen LogP contribution in [-0.2, 0) is 19.6 Å². The lowest BCUT2D eigenvalue weighted by Crippen LogP contribution is -2.35. The highest BCUT2D eigenvalue weighted by atomic mass is 32.1. The van der Waals surface area contributed by atoms with E-state index in [1.165, 1.54) is 35.3 Å². The number of rotatable bonds is 7. The van der Waals surface area contributed by atoms with E-state index in [1.54, 1.807) is 23.5 Å². The molecule has 30 heavy (non-hydrogen) atoms. The van der Waals surface area contributed by atoms with Gasteiger partial charge in [0.1, 0.15) is 12.1 Å². The molecule has 1 amide bonds. The van der Waals surface area contributed by atoms with E-state index in [0.29, 0.717) is 24.7 Å². The molecule has 0 N–H and O–H groups in total. The molecule has 5 nitrogen and oxygen atoms in total. The standard InChI is InChI=1S/C23H26FN3O2S/c1-17-9-12-30-21(17)14-26(13-18-5-7-19(24)8-6-18)15-22-25-20(16-29-22)23(28)27-10-3-2-4-11-27/h5-9,12,16H,2-4,10-11,13-15H2,1H3. The van der Waals surface area contributed by atoms with Crippen molar-refractivity contribution in [2.24, 2.45) is 0 Å². The number of carbonyl (C=O) groups is 1. The minimum Gasteiger partial charge on any atom is -0.447 e. The predicted octanol–water partition coefficient (Wildman–Crippen LogP) is 5.01. The predicted molar refractivity (Wildman–Crippen MR) is 115 cm³/mol. The van der Waals surface area contributed by atoms with Crippen LogP contribution in [0.25, 0.3) is 0 Å². The second-order valence-corrected chi connectivity index (χ2v) is 8.78. The SMILES string of the molecule is Cc1ccsc1CN(Cc1ccc(F)cc1)Cc1nc(C(=O)N2CCCCC2)co1. The summed E-state index contributed by atoms with van der Waals surface area (Å²) in [6.07, 6.45) is 4.73. The summed E-state index contributed by atoms with van der Waals surface area (Å²) < 4.78 is 18.9. The number of amides is 1. The molecule has 0 atom stereocenters. The maximum atomic E-state index is 13.3. The summed E-state index contributed by atoms with van der Waals surface area (Å²) in [5.41, 5.74) is 2.64. The molecule has 158 valence electrons. The third-order valence-electron chi connectivity index (χ3n) is 5.43. The van der Waals surface area contributed by atoms with Crippen molar-refractivity contribution in [3.63, 3.8) is 0 Å². The third-order valence-corrected chi connectivity index (χ3v) is 6.44. The fraction of sp³-hybridized carbons (Fsp3) is 0.391. The number of piperidine rings is 1. The maximum Gasteiger partial charge on any atom is 0.275 e. The Morgan fingerprint density at radius 1 is 1.13 bits per heavy atom. The molecule has 1 aliphatic rings. The van der Waals surface area contributed by atoms with Crippen LogP contribution in [0.1, 0.15) is 51.6 Å². The second-order valence-electron chi connectivity index (χ2n) is 7.78. The van der Waals surface area contributed by atoms with Gasteiger partial charge >= 0.3 is 0 Å². The number of nitrogens with zero attached hydrogens (tertiary/aromatic N) is 3. The molecule has 0 unspecified atom stereocenters. The minimum atomic E-state index is -0.243. The van der Waals surface area contributed by atoms with Crippen molar-refractivity contribution in [1.82, 2.24) is 14.8 Å². The number of thiophene rings is 1. The van der Waals surface area contributed by atoms with Gasteiger partial charge in [0, 0.05) is 31.1 Å². The molecular formula is C23H26FN3O2S. The van der Waals surface area contributed by atoms with E-state index in [-0.39, 0.29) is 11.7 Å². The molecule has 0 aliphatic carbocycles. The topological polar surface area (TPSA) is 49.6 Å². The Bertz CT molecular complexity index is 977. The van der Waals surface area contributed by atoms with E-state index in [0.717, 1.165) is 38.0 Å². The van der Waals surface area contributed by atoms with Crippen molar-refractivity contribution in [3.8, 4) is 0 Å². The van der Waals surface area contributed by atoms with Crippen LogP contribution in [0.3, 0.4) is 0 Å². The lowest BCUT2D eigenvalue weighted by Gasteiger charge is -2.25. The van der Waals surface area contributed by atoms with Crippen molar-refractivity contribution >= 4 is 17.2 Å². The largest absolute Gasteiger partial charge is 0.447 e. The molecule has 1 saturated heterocycles. The molecule has 1 fully saturated rings. The Kier molecular flexibility index (Phi) is 6.59. The summed E-state index contributed by atoms with van der Waals surface area (Å²) in [6.45, 7) is 5.52. The van der Waals surface area contributed by atoms with Crippen molar-refractivity contribution in [2.45, 2.75) is 45.8 Å². The fourth-order valence-corrected chi connectivity index (χ4v) is 4.66. The zero-order valence-electron chi connectivity index (χ0n) is 17.1. The lowest BCUT2D eigenvalue weighted by atomic mass is 10.1. The number of hydrogen-bond donors (Lipinski definition) is 0. The molecule has 3 aromatic rings. The highest BCUT2D eigenvalue weighted by Gasteiger charge is 2.22. The van der Waals surface area contributed by atoms with Crippen LogP contribution in [0.4, 0.5) is 4.39 Å². The highest BCUT2D eigenvalue weighted by molar-refractivity contribution is 7.10. The zero-order valence-corrected chi connectivity index (χ0v) is 18.0. The van der Waals surface area contributed by atoms with Gasteiger partial charge in [-0.2, -0.15) is 0 Å². The number of hydrogen-bond acceptors (Lipinski definition) is 5. The molecule has 4 rings (SSSR count). The Morgan fingerprint density at radius 2 is 1.90 bits per heavy atom. The zero-order chi connectivity index (χ0) is 20.9. The number of likely N-dealkylation sites (tertiary alicyclic amines) is 1. The first-order valence-electron chi connectivity index (χ1n) is 10.3. The molecule has 2 aromatic heterocycles. The van der Waals surface area contributed by atoms with Crippen molar-refractivity contribution in [3.05, 3.63) is 75.4 Å². The van der Waals surface area contributed by atoms with Crippen LogP contribution in [0.5, 0.6) is 0 Å². The summed E-state index contributed by atoms with van der Waals surface area (Å²) in [6, 6.07) is 8.65. The van der Waals surface area contributed by atoms with E-state index in [1.807, 2.05) is 4.90 Å². The number of aromatic nitrogens is 1. The van der Waals surface area contributed by atoms with Gasteiger partial charge in [-0.25, -0.2) is 9.37 Å². The first kappa shape index (κ1) is 20.8. The van der Waals surface area contributed by atoms with Gasteiger partial charge in [0.2, 0.25) is 5.89 Å². The smallest absolute Gasteiger partial charge is 0.275 e. The van der Waals surface area contributed by atoms with Gasteiger partial charge in [-0.05, 0) is 60.9 Å². The van der Waals surface area contributed by atoms with E-state index < -0.39 is 0 Å². The molecule has 0 radical (unpaired) electrons. The van der Waals surface area contributed by atoms with E-state index in [9.17, 15) is 9.18 Å². The number of oxazole rings is 1. The van der Waals surface area contributed by atoms with Crippen LogP contribution in [0.2, 0.25) is 0 Å². The summed E-state index contributed by atoms with van der Waals surface area (Å²) in [7, 11) is 0. The van der Waals surface area contributed by atoms with Crippen molar-refractivity contribution in [1.29, 1.82) is 0 Å². The number of carbonyl (C=O) groups excluding carboxylic acids is 1. The molecule has 3 heterocycles. The van der Waals surface area contributed by atoms with E-state index in [4.69, 9.17) is 4.42 Å². The second kappa shape index (κ2) is 9.53. The molecular weight excluding hydrogens is 401 g/mol.